The van der Waals surface area contributed by atoms with Crippen molar-refractivity contribution >= 4 is 33.4 Å². The van der Waals surface area contributed by atoms with Crippen LogP contribution >= 0.6 is 0 Å². The zero-order chi connectivity index (χ0) is 22.4. The van der Waals surface area contributed by atoms with Crippen molar-refractivity contribution in [3.63, 3.8) is 0 Å². The average molecular weight is 451 g/mol. The zero-order valence-corrected chi connectivity index (χ0v) is 18.6. The molecule has 2 heterocycles. The maximum atomic E-state index is 12.9. The third kappa shape index (κ3) is 6.04. The van der Waals surface area contributed by atoms with Crippen molar-refractivity contribution in [2.24, 2.45) is 5.92 Å². The minimum absolute atomic E-state index is 0.0724. The molecule has 1 aromatic rings. The number of hydrogen-bond donors (Lipinski definition) is 2. The van der Waals surface area contributed by atoms with E-state index in [1.165, 1.54) is 23.4 Å². The lowest BCUT2D eigenvalue weighted by Crippen LogP contribution is -2.43. The van der Waals surface area contributed by atoms with Gasteiger partial charge >= 0.3 is 0 Å². The highest BCUT2D eigenvalue weighted by Gasteiger charge is 2.32. The Hall–Kier alpha value is -2.46. The molecule has 0 unspecified atom stereocenters. The summed E-state index contributed by atoms with van der Waals surface area (Å²) in [5.41, 5.74) is 0.532. The fourth-order valence-corrected chi connectivity index (χ4v) is 5.45. The van der Waals surface area contributed by atoms with Crippen LogP contribution in [0.4, 0.5) is 5.69 Å². The number of sulfonamides is 1. The molecule has 0 atom stereocenters. The van der Waals surface area contributed by atoms with Gasteiger partial charge in [0, 0.05) is 57.7 Å². The van der Waals surface area contributed by atoms with Crippen molar-refractivity contribution in [1.82, 2.24) is 14.5 Å². The number of rotatable bonds is 7. The summed E-state index contributed by atoms with van der Waals surface area (Å²) in [7, 11) is -3.66. The van der Waals surface area contributed by atoms with Gasteiger partial charge in [0.05, 0.1) is 4.90 Å². The number of carbonyl (C=O) groups excluding carboxylic acids is 3. The minimum Gasteiger partial charge on any atom is -0.355 e. The van der Waals surface area contributed by atoms with Gasteiger partial charge in [-0.2, -0.15) is 4.31 Å². The molecule has 2 fully saturated rings. The highest BCUT2D eigenvalue weighted by Crippen LogP contribution is 2.25. The van der Waals surface area contributed by atoms with E-state index in [4.69, 9.17) is 0 Å². The summed E-state index contributed by atoms with van der Waals surface area (Å²) in [5.74, 6) is -0.527. The first-order chi connectivity index (χ1) is 14.8. The van der Waals surface area contributed by atoms with E-state index in [2.05, 4.69) is 10.6 Å². The number of carbonyl (C=O) groups is 3. The molecule has 1 aromatic carbocycles. The Bertz CT molecular complexity index is 902. The first kappa shape index (κ1) is 23.2. The molecule has 2 N–H and O–H groups in total. The van der Waals surface area contributed by atoms with Gasteiger partial charge < -0.3 is 15.5 Å². The Balaban J connectivity index is 1.46. The molecule has 0 aromatic heterocycles. The van der Waals surface area contributed by atoms with Crippen LogP contribution in [0.25, 0.3) is 0 Å². The Kier molecular flexibility index (Phi) is 7.66. The molecular weight excluding hydrogens is 420 g/mol. The SMILES string of the molecule is CC(=O)Nc1ccc(S(=O)(=O)N2CCC(C(=O)NCCC(=O)N3CCCC3)CC2)cc1. The normalized spacial score (nSPS) is 18.0. The number of nitrogens with one attached hydrogen (secondary N) is 2. The first-order valence-corrected chi connectivity index (χ1v) is 12.1. The Morgan fingerprint density at radius 2 is 1.61 bits per heavy atom. The second-order valence-corrected chi connectivity index (χ2v) is 9.95. The third-order valence-electron chi connectivity index (χ3n) is 5.73. The van der Waals surface area contributed by atoms with E-state index in [9.17, 15) is 22.8 Å². The first-order valence-electron chi connectivity index (χ1n) is 10.7. The minimum atomic E-state index is -3.66. The molecule has 9 nitrogen and oxygen atoms in total. The van der Waals surface area contributed by atoms with Crippen LogP contribution < -0.4 is 10.6 Å². The predicted octanol–water partition coefficient (Wildman–Crippen LogP) is 1.17. The monoisotopic (exact) mass is 450 g/mol. The lowest BCUT2D eigenvalue weighted by Gasteiger charge is -2.30. The zero-order valence-electron chi connectivity index (χ0n) is 17.8. The van der Waals surface area contributed by atoms with Crippen LogP contribution in [0.5, 0.6) is 0 Å². The molecule has 0 radical (unpaired) electrons. The van der Waals surface area contributed by atoms with Crippen molar-refractivity contribution in [3.8, 4) is 0 Å². The summed E-state index contributed by atoms with van der Waals surface area (Å²) < 4.78 is 27.1. The summed E-state index contributed by atoms with van der Waals surface area (Å²) >= 11 is 0. The number of hydrogen-bond acceptors (Lipinski definition) is 5. The van der Waals surface area contributed by atoms with E-state index in [0.717, 1.165) is 25.9 Å². The lowest BCUT2D eigenvalue weighted by atomic mass is 9.97. The lowest BCUT2D eigenvalue weighted by molar-refractivity contribution is -0.130. The second kappa shape index (κ2) is 10.2. The van der Waals surface area contributed by atoms with E-state index >= 15 is 0 Å². The van der Waals surface area contributed by atoms with Crippen LogP contribution in [0.3, 0.4) is 0 Å². The number of likely N-dealkylation sites (tertiary alicyclic amines) is 1. The van der Waals surface area contributed by atoms with Gasteiger partial charge in [0.1, 0.15) is 0 Å². The van der Waals surface area contributed by atoms with Gasteiger partial charge in [0.2, 0.25) is 27.7 Å². The van der Waals surface area contributed by atoms with Gasteiger partial charge in [-0.25, -0.2) is 8.42 Å². The maximum Gasteiger partial charge on any atom is 0.243 e. The van der Waals surface area contributed by atoms with Crippen molar-refractivity contribution in [3.05, 3.63) is 24.3 Å². The molecule has 170 valence electrons. The summed E-state index contributed by atoms with van der Waals surface area (Å²) in [6.45, 7) is 3.83. The van der Waals surface area contributed by atoms with E-state index in [-0.39, 0.29) is 41.6 Å². The summed E-state index contributed by atoms with van der Waals surface area (Å²) in [6.07, 6.45) is 3.26. The van der Waals surface area contributed by atoms with Crippen LogP contribution in [0, 0.1) is 5.92 Å². The molecule has 2 aliphatic rings. The molecule has 0 aliphatic carbocycles. The number of anilines is 1. The molecule has 31 heavy (non-hydrogen) atoms. The van der Waals surface area contributed by atoms with Crippen LogP contribution in [0.1, 0.15) is 39.0 Å². The highest BCUT2D eigenvalue weighted by atomic mass is 32.2. The van der Waals surface area contributed by atoms with Crippen LogP contribution in [0.2, 0.25) is 0 Å². The van der Waals surface area contributed by atoms with E-state index in [1.807, 2.05) is 4.90 Å². The number of piperidine rings is 1. The smallest absolute Gasteiger partial charge is 0.243 e. The highest BCUT2D eigenvalue weighted by molar-refractivity contribution is 7.89. The molecule has 3 amide bonds. The third-order valence-corrected chi connectivity index (χ3v) is 7.65. The van der Waals surface area contributed by atoms with Crippen molar-refractivity contribution < 1.29 is 22.8 Å². The Labute approximate surface area is 183 Å². The fraction of sp³-hybridized carbons (Fsp3) is 0.571. The number of nitrogens with zero attached hydrogens (tertiary/aromatic N) is 2. The van der Waals surface area contributed by atoms with Gasteiger partial charge in [0.25, 0.3) is 0 Å². The van der Waals surface area contributed by atoms with Crippen LogP contribution in [-0.2, 0) is 24.4 Å². The van der Waals surface area contributed by atoms with E-state index in [1.54, 1.807) is 12.1 Å². The fourth-order valence-electron chi connectivity index (χ4n) is 3.98. The Morgan fingerprint density at radius 3 is 2.19 bits per heavy atom. The van der Waals surface area contributed by atoms with Gasteiger partial charge in [-0.1, -0.05) is 0 Å². The van der Waals surface area contributed by atoms with E-state index in [0.29, 0.717) is 31.5 Å². The van der Waals surface area contributed by atoms with E-state index < -0.39 is 10.0 Å². The second-order valence-electron chi connectivity index (χ2n) is 8.01. The van der Waals surface area contributed by atoms with Gasteiger partial charge in [-0.05, 0) is 49.9 Å². The summed E-state index contributed by atoms with van der Waals surface area (Å²) in [4.78, 5) is 37.5. The predicted molar refractivity (Wildman–Crippen MR) is 116 cm³/mol. The molecular formula is C21H30N4O5S. The maximum absolute atomic E-state index is 12.9. The largest absolute Gasteiger partial charge is 0.355 e. The topological polar surface area (TPSA) is 116 Å². The molecule has 0 saturated carbocycles. The molecule has 2 saturated heterocycles. The quantitative estimate of drug-likeness (QED) is 0.647. The van der Waals surface area contributed by atoms with Crippen LogP contribution in [0.15, 0.2) is 29.2 Å². The summed E-state index contributed by atoms with van der Waals surface area (Å²) in [6, 6.07) is 6.05. The molecule has 3 rings (SSSR count). The Morgan fingerprint density at radius 1 is 1.00 bits per heavy atom. The molecule has 10 heteroatoms. The number of benzene rings is 1. The van der Waals surface area contributed by atoms with Crippen molar-refractivity contribution in [2.75, 3.05) is 38.0 Å². The molecule has 2 aliphatic heterocycles. The average Bonchev–Trinajstić information content (AvgIpc) is 3.29. The van der Waals surface area contributed by atoms with Gasteiger partial charge in [-0.15, -0.1) is 0 Å². The summed E-state index contributed by atoms with van der Waals surface area (Å²) in [5, 5.41) is 5.43. The van der Waals surface area contributed by atoms with Crippen molar-refractivity contribution in [1.29, 1.82) is 0 Å². The van der Waals surface area contributed by atoms with Crippen molar-refractivity contribution in [2.45, 2.75) is 43.9 Å². The number of amides is 3. The molecule has 0 bridgehead atoms. The molecule has 0 spiro atoms. The van der Waals surface area contributed by atoms with Gasteiger partial charge in [-0.3, -0.25) is 14.4 Å². The van der Waals surface area contributed by atoms with Gasteiger partial charge in [0.15, 0.2) is 0 Å². The van der Waals surface area contributed by atoms with Crippen LogP contribution in [-0.4, -0.2) is 68.1 Å². The standard InChI is InChI=1S/C21H30N4O5S/c1-16(26)23-18-4-6-19(7-5-18)31(29,30)25-14-9-17(10-15-25)21(28)22-11-8-20(27)24-12-2-3-13-24/h4-7,17H,2-3,8-15H2,1H3,(H,22,28)(H,23,26).